The van der Waals surface area contributed by atoms with Gasteiger partial charge in [0.1, 0.15) is 0 Å². The minimum Gasteiger partial charge on any atom is -0.392 e. The van der Waals surface area contributed by atoms with Crippen molar-refractivity contribution in [3.05, 3.63) is 54.6 Å². The van der Waals surface area contributed by atoms with E-state index in [9.17, 15) is 18.6 Å². The molecule has 2 aliphatic rings. The summed E-state index contributed by atoms with van der Waals surface area (Å²) in [6.07, 6.45) is 6.56. The Hall–Kier alpha value is -1.43. The van der Waals surface area contributed by atoms with Crippen LogP contribution in [-0.4, -0.2) is 36.1 Å². The quantitative estimate of drug-likeness (QED) is 0.622. The molecule has 2 N–H and O–H groups in total. The first-order valence-electron chi connectivity index (χ1n) is 10.8. The zero-order chi connectivity index (χ0) is 21.2. The highest BCUT2D eigenvalue weighted by Gasteiger charge is 2.54. The van der Waals surface area contributed by atoms with E-state index in [-0.39, 0.29) is 17.8 Å². The van der Waals surface area contributed by atoms with Crippen LogP contribution in [0.3, 0.4) is 0 Å². The van der Waals surface area contributed by atoms with Crippen molar-refractivity contribution < 1.29 is 18.6 Å². The smallest absolute Gasteiger partial charge is 0.185 e. The number of rotatable bonds is 8. The maximum atomic E-state index is 13.2. The molecule has 29 heavy (non-hydrogen) atoms. The van der Waals surface area contributed by atoms with Crippen molar-refractivity contribution in [1.82, 2.24) is 0 Å². The van der Waals surface area contributed by atoms with Crippen molar-refractivity contribution in [2.75, 3.05) is 0 Å². The summed E-state index contributed by atoms with van der Waals surface area (Å²) in [6, 6.07) is 8.53. The van der Waals surface area contributed by atoms with Gasteiger partial charge < -0.3 is 10.2 Å². The van der Waals surface area contributed by atoms with Gasteiger partial charge in [-0.3, -0.25) is 0 Å². The van der Waals surface area contributed by atoms with Gasteiger partial charge in [-0.25, -0.2) is 8.42 Å². The van der Waals surface area contributed by atoms with E-state index in [4.69, 9.17) is 0 Å². The molecule has 1 aromatic rings. The second-order valence-corrected chi connectivity index (χ2v) is 11.0. The van der Waals surface area contributed by atoms with E-state index < -0.39 is 27.3 Å². The fourth-order valence-electron chi connectivity index (χ4n) is 5.37. The van der Waals surface area contributed by atoms with Crippen LogP contribution in [0.1, 0.15) is 46.0 Å². The molecule has 4 nitrogen and oxygen atoms in total. The number of aliphatic hydroxyl groups excluding tert-OH is 2. The first-order chi connectivity index (χ1) is 13.8. The van der Waals surface area contributed by atoms with Crippen LogP contribution in [0.5, 0.6) is 0 Å². The summed E-state index contributed by atoms with van der Waals surface area (Å²) >= 11 is 0. The molecule has 0 radical (unpaired) electrons. The average Bonchev–Trinajstić information content (AvgIpc) is 3.13. The fourth-order valence-corrected chi connectivity index (χ4v) is 7.51. The molecule has 0 aromatic heterocycles. The van der Waals surface area contributed by atoms with Crippen LogP contribution in [-0.2, 0) is 9.84 Å². The molecule has 2 saturated carbocycles. The first kappa shape index (κ1) is 22.3. The lowest BCUT2D eigenvalue weighted by atomic mass is 9.90. The molecule has 0 aliphatic heterocycles. The second kappa shape index (κ2) is 9.15. The minimum absolute atomic E-state index is 0.0532. The van der Waals surface area contributed by atoms with Gasteiger partial charge >= 0.3 is 0 Å². The zero-order valence-corrected chi connectivity index (χ0v) is 18.3. The van der Waals surface area contributed by atoms with Crippen molar-refractivity contribution in [3.63, 3.8) is 0 Å². The number of sulfone groups is 1. The van der Waals surface area contributed by atoms with Crippen LogP contribution in [0.15, 0.2) is 59.5 Å². The molecule has 0 heterocycles. The second-order valence-electron chi connectivity index (χ2n) is 8.93. The summed E-state index contributed by atoms with van der Waals surface area (Å²) in [5, 5.41) is 20.3. The summed E-state index contributed by atoms with van der Waals surface area (Å²) in [7, 11) is -3.53. The topological polar surface area (TPSA) is 74.6 Å². The van der Waals surface area contributed by atoms with Crippen LogP contribution in [0.2, 0.25) is 0 Å². The van der Waals surface area contributed by atoms with Gasteiger partial charge in [0.2, 0.25) is 0 Å². The van der Waals surface area contributed by atoms with Crippen molar-refractivity contribution in [2.45, 2.75) is 68.3 Å². The largest absolute Gasteiger partial charge is 0.392 e. The molecule has 1 aromatic carbocycles. The summed E-state index contributed by atoms with van der Waals surface area (Å²) in [5.74, 6) is 0.238. The van der Waals surface area contributed by atoms with Crippen molar-refractivity contribution in [3.8, 4) is 0 Å². The van der Waals surface area contributed by atoms with Crippen molar-refractivity contribution in [1.29, 1.82) is 0 Å². The molecule has 2 fully saturated rings. The maximum absolute atomic E-state index is 13.2. The molecular weight excluding hydrogens is 384 g/mol. The number of hydrogen-bond acceptors (Lipinski definition) is 4. The molecule has 5 heteroatoms. The van der Waals surface area contributed by atoms with Crippen LogP contribution >= 0.6 is 0 Å². The third kappa shape index (κ3) is 4.68. The minimum atomic E-state index is -3.53. The lowest BCUT2D eigenvalue weighted by Crippen LogP contribution is -2.27. The molecule has 0 saturated heterocycles. The Morgan fingerprint density at radius 2 is 1.93 bits per heavy atom. The number of benzene rings is 1. The third-order valence-electron chi connectivity index (χ3n) is 6.68. The monoisotopic (exact) mass is 418 g/mol. The highest BCUT2D eigenvalue weighted by molar-refractivity contribution is 7.92. The Balaban J connectivity index is 1.75. The van der Waals surface area contributed by atoms with E-state index in [0.717, 1.165) is 18.4 Å². The number of aliphatic hydroxyl groups is 2. The van der Waals surface area contributed by atoms with E-state index in [0.29, 0.717) is 30.1 Å². The summed E-state index contributed by atoms with van der Waals surface area (Å²) in [5.41, 5.74) is 0.742. The Morgan fingerprint density at radius 3 is 2.59 bits per heavy atom. The van der Waals surface area contributed by atoms with Crippen LogP contribution in [0.4, 0.5) is 0 Å². The van der Waals surface area contributed by atoms with Gasteiger partial charge in [-0.1, -0.05) is 69.2 Å². The van der Waals surface area contributed by atoms with E-state index in [1.165, 1.54) is 0 Å². The Labute approximate surface area is 175 Å². The van der Waals surface area contributed by atoms with Gasteiger partial charge in [0.05, 0.1) is 22.4 Å². The average molecular weight is 419 g/mol. The summed E-state index contributed by atoms with van der Waals surface area (Å²) < 4.78 is 26.5. The van der Waals surface area contributed by atoms with Crippen molar-refractivity contribution in [2.24, 2.45) is 23.7 Å². The van der Waals surface area contributed by atoms with Gasteiger partial charge in [0.25, 0.3) is 0 Å². The SMILES string of the molecule is C=C1C[C@H]2[C@H](/C=C/[C@@H](O)CC(C)CCC)[C@H](O)C[C@@H]2C1S(=O)(=O)c1ccccc1. The normalized spacial score (nSPS) is 31.9. The highest BCUT2D eigenvalue weighted by Crippen LogP contribution is 2.53. The van der Waals surface area contributed by atoms with Gasteiger partial charge in [-0.2, -0.15) is 0 Å². The van der Waals surface area contributed by atoms with E-state index >= 15 is 0 Å². The van der Waals surface area contributed by atoms with Crippen LogP contribution < -0.4 is 0 Å². The maximum Gasteiger partial charge on any atom is 0.185 e. The highest BCUT2D eigenvalue weighted by atomic mass is 32.2. The molecule has 2 unspecified atom stereocenters. The molecule has 0 spiro atoms. The van der Waals surface area contributed by atoms with E-state index in [2.05, 4.69) is 20.4 Å². The molecular formula is C24H34O4S. The van der Waals surface area contributed by atoms with Crippen LogP contribution in [0, 0.1) is 23.7 Å². The number of hydrogen-bond donors (Lipinski definition) is 2. The van der Waals surface area contributed by atoms with Gasteiger partial charge in [-0.15, -0.1) is 0 Å². The summed E-state index contributed by atoms with van der Waals surface area (Å²) in [6.45, 7) is 8.37. The van der Waals surface area contributed by atoms with E-state index in [1.807, 2.05) is 6.08 Å². The lowest BCUT2D eigenvalue weighted by Gasteiger charge is -2.20. The fraction of sp³-hybridized carbons (Fsp3) is 0.583. The lowest BCUT2D eigenvalue weighted by molar-refractivity contribution is 0.138. The molecule has 7 atom stereocenters. The van der Waals surface area contributed by atoms with Crippen LogP contribution in [0.25, 0.3) is 0 Å². The first-order valence-corrected chi connectivity index (χ1v) is 12.3. The van der Waals surface area contributed by atoms with Crippen molar-refractivity contribution >= 4 is 9.84 Å². The zero-order valence-electron chi connectivity index (χ0n) is 17.4. The Kier molecular flexibility index (Phi) is 7.02. The molecule has 2 aliphatic carbocycles. The molecule has 3 rings (SSSR count). The Morgan fingerprint density at radius 1 is 1.24 bits per heavy atom. The molecule has 160 valence electrons. The van der Waals surface area contributed by atoms with Gasteiger partial charge in [0.15, 0.2) is 9.84 Å². The standard InChI is InChI=1S/C24H34O4S/c1-4-8-16(2)13-18(25)11-12-20-21-14-17(3)24(22(21)15-23(20)26)29(27,28)19-9-6-5-7-10-19/h5-7,9-12,16,18,20-26H,3-4,8,13-15H2,1-2H3/b12-11+/t16?,18-,20+,21+,22+,23-,24?/m1/s1. The van der Waals surface area contributed by atoms with Gasteiger partial charge in [0, 0.05) is 5.92 Å². The summed E-state index contributed by atoms with van der Waals surface area (Å²) in [4.78, 5) is 0.320. The predicted molar refractivity (Wildman–Crippen MR) is 116 cm³/mol. The number of fused-ring (bicyclic) bond motifs is 1. The predicted octanol–water partition coefficient (Wildman–Crippen LogP) is 4.15. The molecule has 0 amide bonds. The Bertz CT molecular complexity index is 830. The third-order valence-corrected chi connectivity index (χ3v) is 8.96. The van der Waals surface area contributed by atoms with Gasteiger partial charge in [-0.05, 0) is 49.1 Å². The van der Waals surface area contributed by atoms with E-state index in [1.54, 1.807) is 36.4 Å². The molecule has 0 bridgehead atoms.